The average Bonchev–Trinajstić information content (AvgIpc) is 2.33. The number of aliphatic imine (C=N–C) groups is 1. The Hall–Kier alpha value is -1.55. The second kappa shape index (κ2) is 7.01. The first kappa shape index (κ1) is 14.5. The molecule has 0 bridgehead atoms. The van der Waals surface area contributed by atoms with Crippen molar-refractivity contribution >= 4 is 5.71 Å². The Kier molecular flexibility index (Phi) is 5.65. The lowest BCUT2D eigenvalue weighted by Crippen LogP contribution is -2.04. The molecular weight excluding hydrogens is 218 g/mol. The molecule has 18 heavy (non-hydrogen) atoms. The molecule has 0 saturated heterocycles. The average molecular weight is 241 g/mol. The van der Waals surface area contributed by atoms with E-state index >= 15 is 0 Å². The predicted molar refractivity (Wildman–Crippen MR) is 80.0 cm³/mol. The minimum Gasteiger partial charge on any atom is -0.276 e. The van der Waals surface area contributed by atoms with Gasteiger partial charge in [0.05, 0.1) is 0 Å². The first-order chi connectivity index (χ1) is 8.53. The van der Waals surface area contributed by atoms with Crippen LogP contribution in [0, 0.1) is 17.3 Å². The SMILES string of the molecule is CCCCN=C(C#CC(C)(C)C)c1ccccc1. The molecule has 0 aliphatic carbocycles. The summed E-state index contributed by atoms with van der Waals surface area (Å²) < 4.78 is 0. The van der Waals surface area contributed by atoms with Crippen molar-refractivity contribution in [3.05, 3.63) is 35.9 Å². The van der Waals surface area contributed by atoms with Crippen LogP contribution in [0.1, 0.15) is 46.1 Å². The van der Waals surface area contributed by atoms with Gasteiger partial charge in [0.15, 0.2) is 0 Å². The highest BCUT2D eigenvalue weighted by atomic mass is 14.7. The zero-order chi connectivity index (χ0) is 13.4. The van der Waals surface area contributed by atoms with E-state index in [0.29, 0.717) is 0 Å². The molecule has 0 saturated carbocycles. The maximum absolute atomic E-state index is 4.63. The molecule has 0 fully saturated rings. The van der Waals surface area contributed by atoms with Gasteiger partial charge in [0, 0.05) is 17.5 Å². The monoisotopic (exact) mass is 241 g/mol. The summed E-state index contributed by atoms with van der Waals surface area (Å²) in [6, 6.07) is 10.2. The maximum atomic E-state index is 4.63. The molecule has 0 radical (unpaired) electrons. The Labute approximate surface area is 111 Å². The van der Waals surface area contributed by atoms with E-state index in [1.54, 1.807) is 0 Å². The van der Waals surface area contributed by atoms with Crippen LogP contribution >= 0.6 is 0 Å². The van der Waals surface area contributed by atoms with Crippen LogP contribution in [0.2, 0.25) is 0 Å². The Balaban J connectivity index is 2.95. The number of rotatable bonds is 4. The molecule has 0 atom stereocenters. The summed E-state index contributed by atoms with van der Waals surface area (Å²) in [6.45, 7) is 9.40. The van der Waals surface area contributed by atoms with Crippen LogP contribution in [-0.2, 0) is 0 Å². The molecule has 0 amide bonds. The van der Waals surface area contributed by atoms with Crippen LogP contribution in [-0.4, -0.2) is 12.3 Å². The maximum Gasteiger partial charge on any atom is 0.114 e. The molecule has 0 unspecified atom stereocenters. The van der Waals surface area contributed by atoms with Crippen molar-refractivity contribution in [1.29, 1.82) is 0 Å². The van der Waals surface area contributed by atoms with Crippen LogP contribution in [0.5, 0.6) is 0 Å². The van der Waals surface area contributed by atoms with Gasteiger partial charge >= 0.3 is 0 Å². The van der Waals surface area contributed by atoms with E-state index in [1.807, 2.05) is 18.2 Å². The number of hydrogen-bond acceptors (Lipinski definition) is 1. The molecule has 0 aliphatic rings. The van der Waals surface area contributed by atoms with Gasteiger partial charge in [0.2, 0.25) is 0 Å². The van der Waals surface area contributed by atoms with E-state index in [4.69, 9.17) is 0 Å². The summed E-state index contributed by atoms with van der Waals surface area (Å²) in [7, 11) is 0. The third-order valence-corrected chi connectivity index (χ3v) is 2.38. The van der Waals surface area contributed by atoms with Crippen LogP contribution in [0.15, 0.2) is 35.3 Å². The van der Waals surface area contributed by atoms with Gasteiger partial charge in [-0.3, -0.25) is 4.99 Å². The lowest BCUT2D eigenvalue weighted by molar-refractivity contribution is 0.571. The summed E-state index contributed by atoms with van der Waals surface area (Å²) in [4.78, 5) is 4.63. The Morgan fingerprint density at radius 1 is 1.17 bits per heavy atom. The minimum absolute atomic E-state index is 0.0142. The first-order valence-corrected chi connectivity index (χ1v) is 6.66. The lowest BCUT2D eigenvalue weighted by Gasteiger charge is -2.07. The minimum atomic E-state index is 0.0142. The Morgan fingerprint density at radius 2 is 1.83 bits per heavy atom. The van der Waals surface area contributed by atoms with Crippen LogP contribution in [0.3, 0.4) is 0 Å². The molecule has 0 aromatic heterocycles. The number of benzene rings is 1. The number of nitrogens with zero attached hydrogens (tertiary/aromatic N) is 1. The van der Waals surface area contributed by atoms with Crippen molar-refractivity contribution in [3.8, 4) is 11.8 Å². The summed E-state index contributed by atoms with van der Waals surface area (Å²) in [5.74, 6) is 6.50. The fourth-order valence-electron chi connectivity index (χ4n) is 1.39. The highest BCUT2D eigenvalue weighted by Crippen LogP contribution is 2.10. The molecule has 1 heteroatoms. The van der Waals surface area contributed by atoms with Gasteiger partial charge in [-0.1, -0.05) is 49.6 Å². The van der Waals surface area contributed by atoms with E-state index in [-0.39, 0.29) is 5.41 Å². The van der Waals surface area contributed by atoms with E-state index in [9.17, 15) is 0 Å². The summed E-state index contributed by atoms with van der Waals surface area (Å²) in [5, 5.41) is 0. The standard InChI is InChI=1S/C17H23N/c1-5-6-14-18-16(12-13-17(2,3)4)15-10-8-7-9-11-15/h7-11H,5-6,14H2,1-4H3. The van der Waals surface area contributed by atoms with Gasteiger partial charge in [-0.15, -0.1) is 0 Å². The number of unbranched alkanes of at least 4 members (excludes halogenated alkanes) is 1. The summed E-state index contributed by atoms with van der Waals surface area (Å²) >= 11 is 0. The van der Waals surface area contributed by atoms with E-state index in [0.717, 1.165) is 30.7 Å². The van der Waals surface area contributed by atoms with E-state index in [2.05, 4.69) is 56.7 Å². The third kappa shape index (κ3) is 5.68. The topological polar surface area (TPSA) is 12.4 Å². The highest BCUT2D eigenvalue weighted by Gasteiger charge is 2.05. The molecule has 0 N–H and O–H groups in total. The van der Waals surface area contributed by atoms with Gasteiger partial charge in [-0.25, -0.2) is 0 Å². The largest absolute Gasteiger partial charge is 0.276 e. The molecule has 0 heterocycles. The Morgan fingerprint density at radius 3 is 2.39 bits per heavy atom. The molecule has 1 rings (SSSR count). The quantitative estimate of drug-likeness (QED) is 0.423. The second-order valence-electron chi connectivity index (χ2n) is 5.45. The predicted octanol–water partition coefficient (Wildman–Crippen LogP) is 4.33. The van der Waals surface area contributed by atoms with Crippen molar-refractivity contribution in [2.45, 2.75) is 40.5 Å². The van der Waals surface area contributed by atoms with Gasteiger partial charge in [0.1, 0.15) is 5.71 Å². The van der Waals surface area contributed by atoms with Gasteiger partial charge < -0.3 is 0 Å². The molecule has 0 aliphatic heterocycles. The molecular formula is C17H23N. The zero-order valence-corrected chi connectivity index (χ0v) is 12.0. The van der Waals surface area contributed by atoms with Gasteiger partial charge in [-0.2, -0.15) is 0 Å². The van der Waals surface area contributed by atoms with E-state index < -0.39 is 0 Å². The molecule has 1 nitrogen and oxygen atoms in total. The fraction of sp³-hybridized carbons (Fsp3) is 0.471. The van der Waals surface area contributed by atoms with Crippen molar-refractivity contribution in [2.75, 3.05) is 6.54 Å². The van der Waals surface area contributed by atoms with Gasteiger partial charge in [0.25, 0.3) is 0 Å². The van der Waals surface area contributed by atoms with Crippen LogP contribution in [0.4, 0.5) is 0 Å². The normalized spacial score (nSPS) is 11.9. The van der Waals surface area contributed by atoms with Crippen molar-refractivity contribution < 1.29 is 0 Å². The van der Waals surface area contributed by atoms with Gasteiger partial charge in [-0.05, 0) is 33.1 Å². The lowest BCUT2D eigenvalue weighted by atomic mass is 9.97. The molecule has 96 valence electrons. The molecule has 0 spiro atoms. The summed E-state index contributed by atoms with van der Waals surface area (Å²) in [6.07, 6.45) is 2.28. The van der Waals surface area contributed by atoms with Crippen molar-refractivity contribution in [2.24, 2.45) is 10.4 Å². The smallest absolute Gasteiger partial charge is 0.114 e. The van der Waals surface area contributed by atoms with Crippen molar-refractivity contribution in [1.82, 2.24) is 0 Å². The van der Waals surface area contributed by atoms with E-state index in [1.165, 1.54) is 0 Å². The third-order valence-electron chi connectivity index (χ3n) is 2.38. The van der Waals surface area contributed by atoms with Crippen LogP contribution < -0.4 is 0 Å². The molecule has 1 aromatic rings. The number of hydrogen-bond donors (Lipinski definition) is 0. The molecule has 1 aromatic carbocycles. The Bertz CT molecular complexity index is 438. The zero-order valence-electron chi connectivity index (χ0n) is 12.0. The van der Waals surface area contributed by atoms with Crippen molar-refractivity contribution in [3.63, 3.8) is 0 Å². The fourth-order valence-corrected chi connectivity index (χ4v) is 1.39. The second-order valence-corrected chi connectivity index (χ2v) is 5.45. The summed E-state index contributed by atoms with van der Waals surface area (Å²) in [5.41, 5.74) is 2.05. The first-order valence-electron chi connectivity index (χ1n) is 6.66. The van der Waals surface area contributed by atoms with Crippen LogP contribution in [0.25, 0.3) is 0 Å². The highest BCUT2D eigenvalue weighted by molar-refractivity contribution is 6.13.